The van der Waals surface area contributed by atoms with E-state index in [9.17, 15) is 22.8 Å². The molecular formula is C15H18F3NO3. The van der Waals surface area contributed by atoms with E-state index in [1.54, 1.807) is 0 Å². The summed E-state index contributed by atoms with van der Waals surface area (Å²) in [5.41, 5.74) is -1.06. The van der Waals surface area contributed by atoms with Gasteiger partial charge in [0, 0.05) is 0 Å². The maximum absolute atomic E-state index is 12.8. The molecule has 1 rings (SSSR count). The van der Waals surface area contributed by atoms with Gasteiger partial charge in [-0.05, 0) is 18.1 Å². The third-order valence-corrected chi connectivity index (χ3v) is 3.15. The molecule has 122 valence electrons. The molecule has 0 spiro atoms. The number of aliphatic carboxylic acids is 1. The van der Waals surface area contributed by atoms with Crippen LogP contribution in [0.15, 0.2) is 24.3 Å². The van der Waals surface area contributed by atoms with Crippen molar-refractivity contribution in [1.29, 1.82) is 0 Å². The number of rotatable bonds is 7. The van der Waals surface area contributed by atoms with Crippen LogP contribution in [-0.2, 0) is 22.2 Å². The molecule has 7 heteroatoms. The summed E-state index contributed by atoms with van der Waals surface area (Å²) < 4.78 is 38.5. The van der Waals surface area contributed by atoms with Gasteiger partial charge < -0.3 is 10.4 Å². The normalized spacial score (nSPS) is 12.7. The first-order chi connectivity index (χ1) is 10.3. The van der Waals surface area contributed by atoms with E-state index in [1.807, 2.05) is 6.92 Å². The Kier molecular flexibility index (Phi) is 6.39. The van der Waals surface area contributed by atoms with Crippen molar-refractivity contribution in [2.45, 2.75) is 44.8 Å². The Morgan fingerprint density at radius 2 is 1.91 bits per heavy atom. The van der Waals surface area contributed by atoms with Gasteiger partial charge in [-0.15, -0.1) is 0 Å². The maximum Gasteiger partial charge on any atom is 0.416 e. The molecule has 0 bridgehead atoms. The standard InChI is InChI=1S/C15H18F3NO3/c1-2-3-8-12(14(21)22)19-13(20)9-10-6-4-5-7-11(10)15(16,17)18/h4-7,12H,2-3,8-9H2,1H3,(H,19,20)(H,21,22). The first-order valence-electron chi connectivity index (χ1n) is 6.93. The van der Waals surface area contributed by atoms with Crippen LogP contribution in [0.1, 0.15) is 37.3 Å². The number of benzene rings is 1. The van der Waals surface area contributed by atoms with Gasteiger partial charge in [-0.3, -0.25) is 4.79 Å². The maximum atomic E-state index is 12.8. The highest BCUT2D eigenvalue weighted by Crippen LogP contribution is 2.31. The number of hydrogen-bond donors (Lipinski definition) is 2. The van der Waals surface area contributed by atoms with E-state index in [1.165, 1.54) is 18.2 Å². The Morgan fingerprint density at radius 1 is 1.27 bits per heavy atom. The van der Waals surface area contributed by atoms with Crippen molar-refractivity contribution < 1.29 is 27.9 Å². The van der Waals surface area contributed by atoms with Crippen molar-refractivity contribution in [1.82, 2.24) is 5.32 Å². The average Bonchev–Trinajstić information content (AvgIpc) is 2.42. The summed E-state index contributed by atoms with van der Waals surface area (Å²) in [4.78, 5) is 22.9. The van der Waals surface area contributed by atoms with Crippen LogP contribution >= 0.6 is 0 Å². The number of unbranched alkanes of at least 4 members (excludes halogenated alkanes) is 1. The van der Waals surface area contributed by atoms with Crippen molar-refractivity contribution in [2.24, 2.45) is 0 Å². The lowest BCUT2D eigenvalue weighted by Crippen LogP contribution is -2.41. The molecule has 0 aromatic heterocycles. The summed E-state index contributed by atoms with van der Waals surface area (Å²) in [7, 11) is 0. The first-order valence-corrected chi connectivity index (χ1v) is 6.93. The molecule has 0 fully saturated rings. The van der Waals surface area contributed by atoms with E-state index in [0.29, 0.717) is 6.42 Å². The van der Waals surface area contributed by atoms with Crippen molar-refractivity contribution in [3.8, 4) is 0 Å². The van der Waals surface area contributed by atoms with Gasteiger partial charge >= 0.3 is 12.1 Å². The minimum atomic E-state index is -4.55. The van der Waals surface area contributed by atoms with Crippen molar-refractivity contribution in [2.75, 3.05) is 0 Å². The van der Waals surface area contributed by atoms with Crippen molar-refractivity contribution >= 4 is 11.9 Å². The van der Waals surface area contributed by atoms with E-state index in [2.05, 4.69) is 5.32 Å². The highest BCUT2D eigenvalue weighted by Gasteiger charge is 2.33. The Morgan fingerprint density at radius 3 is 2.45 bits per heavy atom. The number of hydrogen-bond acceptors (Lipinski definition) is 2. The first kappa shape index (κ1) is 18.0. The third kappa shape index (κ3) is 5.38. The minimum Gasteiger partial charge on any atom is -0.480 e. The van der Waals surface area contributed by atoms with Gasteiger partial charge in [0.05, 0.1) is 12.0 Å². The molecule has 1 atom stereocenters. The fourth-order valence-electron chi connectivity index (χ4n) is 2.03. The second-order valence-corrected chi connectivity index (χ2v) is 4.93. The van der Waals surface area contributed by atoms with E-state index in [-0.39, 0.29) is 12.0 Å². The predicted molar refractivity (Wildman–Crippen MR) is 74.2 cm³/mol. The third-order valence-electron chi connectivity index (χ3n) is 3.15. The van der Waals surface area contributed by atoms with Crippen LogP contribution in [0.5, 0.6) is 0 Å². The lowest BCUT2D eigenvalue weighted by Gasteiger charge is -2.16. The van der Waals surface area contributed by atoms with Gasteiger partial charge in [0.1, 0.15) is 6.04 Å². The molecule has 0 heterocycles. The Labute approximate surface area is 126 Å². The van der Waals surface area contributed by atoms with E-state index in [4.69, 9.17) is 5.11 Å². The zero-order valence-corrected chi connectivity index (χ0v) is 12.1. The zero-order valence-electron chi connectivity index (χ0n) is 12.1. The number of carboxylic acids is 1. The highest BCUT2D eigenvalue weighted by molar-refractivity contribution is 5.85. The summed E-state index contributed by atoms with van der Waals surface area (Å²) in [6, 6.07) is 3.68. The average molecular weight is 317 g/mol. The summed E-state index contributed by atoms with van der Waals surface area (Å²) in [6.07, 6.45) is -3.44. The summed E-state index contributed by atoms with van der Waals surface area (Å²) in [5, 5.41) is 11.3. The molecule has 0 saturated carbocycles. The Bertz CT molecular complexity index is 529. The minimum absolute atomic E-state index is 0.174. The molecule has 0 aliphatic rings. The molecule has 1 amide bonds. The second kappa shape index (κ2) is 7.82. The molecule has 2 N–H and O–H groups in total. The predicted octanol–water partition coefficient (Wildman–Crippen LogP) is 3.01. The van der Waals surface area contributed by atoms with Gasteiger partial charge in [-0.1, -0.05) is 38.0 Å². The van der Waals surface area contributed by atoms with E-state index >= 15 is 0 Å². The molecule has 0 radical (unpaired) electrons. The summed E-state index contributed by atoms with van der Waals surface area (Å²) in [5.74, 6) is -1.92. The Hall–Kier alpha value is -2.05. The number of carbonyl (C=O) groups is 2. The van der Waals surface area contributed by atoms with Gasteiger partial charge in [-0.25, -0.2) is 4.79 Å². The van der Waals surface area contributed by atoms with Gasteiger partial charge in [0.15, 0.2) is 0 Å². The molecule has 1 unspecified atom stereocenters. The van der Waals surface area contributed by atoms with Crippen molar-refractivity contribution in [3.05, 3.63) is 35.4 Å². The van der Waals surface area contributed by atoms with Crippen LogP contribution in [-0.4, -0.2) is 23.0 Å². The number of amides is 1. The number of carbonyl (C=O) groups excluding carboxylic acids is 1. The van der Waals surface area contributed by atoms with Crippen LogP contribution < -0.4 is 5.32 Å². The molecule has 0 aliphatic carbocycles. The molecule has 4 nitrogen and oxygen atoms in total. The van der Waals surface area contributed by atoms with Crippen LogP contribution in [0.4, 0.5) is 13.2 Å². The van der Waals surface area contributed by atoms with Gasteiger partial charge in [0.25, 0.3) is 0 Å². The largest absolute Gasteiger partial charge is 0.480 e. The van der Waals surface area contributed by atoms with Crippen LogP contribution in [0.2, 0.25) is 0 Å². The Balaban J connectivity index is 2.78. The quantitative estimate of drug-likeness (QED) is 0.812. The molecule has 0 aliphatic heterocycles. The van der Waals surface area contributed by atoms with Crippen molar-refractivity contribution in [3.63, 3.8) is 0 Å². The molecular weight excluding hydrogens is 299 g/mol. The van der Waals surface area contributed by atoms with Crippen LogP contribution in [0.3, 0.4) is 0 Å². The van der Waals surface area contributed by atoms with Gasteiger partial charge in [0.2, 0.25) is 5.91 Å². The zero-order chi connectivity index (χ0) is 16.8. The molecule has 22 heavy (non-hydrogen) atoms. The number of halogens is 3. The molecule has 1 aromatic carbocycles. The fraction of sp³-hybridized carbons (Fsp3) is 0.467. The van der Waals surface area contributed by atoms with E-state index < -0.39 is 36.1 Å². The summed E-state index contributed by atoms with van der Waals surface area (Å²) >= 11 is 0. The lowest BCUT2D eigenvalue weighted by molar-refractivity contribution is -0.142. The second-order valence-electron chi connectivity index (χ2n) is 4.93. The molecule has 0 saturated heterocycles. The monoisotopic (exact) mass is 317 g/mol. The van der Waals surface area contributed by atoms with Gasteiger partial charge in [-0.2, -0.15) is 13.2 Å². The van der Waals surface area contributed by atoms with Crippen LogP contribution in [0, 0.1) is 0 Å². The summed E-state index contributed by atoms with van der Waals surface area (Å²) in [6.45, 7) is 1.88. The van der Waals surface area contributed by atoms with E-state index in [0.717, 1.165) is 12.5 Å². The number of carboxylic acid groups (broad SMARTS) is 1. The lowest BCUT2D eigenvalue weighted by atomic mass is 10.0. The molecule has 1 aromatic rings. The highest BCUT2D eigenvalue weighted by atomic mass is 19.4. The SMILES string of the molecule is CCCCC(NC(=O)Cc1ccccc1C(F)(F)F)C(=O)O. The topological polar surface area (TPSA) is 66.4 Å². The number of alkyl halides is 3. The number of nitrogens with one attached hydrogen (secondary N) is 1. The van der Waals surface area contributed by atoms with Crippen LogP contribution in [0.25, 0.3) is 0 Å². The smallest absolute Gasteiger partial charge is 0.416 e. The fourth-order valence-corrected chi connectivity index (χ4v) is 2.03.